The fraction of sp³-hybridized carbons (Fsp3) is 0.421. The van der Waals surface area contributed by atoms with Crippen molar-refractivity contribution in [2.75, 3.05) is 13.7 Å². The number of carbonyl (C=O) groups excluding carboxylic acids is 2. The number of amides is 1. The van der Waals surface area contributed by atoms with Crippen molar-refractivity contribution >= 4 is 23.2 Å². The molecule has 1 aromatic heterocycles. The third kappa shape index (κ3) is 4.82. The molecule has 0 saturated carbocycles. The number of thiazole rings is 1. The number of nitrogens with zero attached hydrogens (tertiary/aromatic N) is 2. The van der Waals surface area contributed by atoms with E-state index in [4.69, 9.17) is 9.47 Å². The summed E-state index contributed by atoms with van der Waals surface area (Å²) in [7, 11) is 1.60. The van der Waals surface area contributed by atoms with E-state index in [0.29, 0.717) is 5.01 Å². The van der Waals surface area contributed by atoms with E-state index in [0.717, 1.165) is 11.3 Å². The minimum atomic E-state index is -0.596. The molecule has 0 N–H and O–H groups in total. The van der Waals surface area contributed by atoms with E-state index in [1.165, 1.54) is 11.3 Å². The third-order valence-corrected chi connectivity index (χ3v) is 4.67. The van der Waals surface area contributed by atoms with Crippen molar-refractivity contribution < 1.29 is 19.1 Å². The third-order valence-electron chi connectivity index (χ3n) is 3.78. The summed E-state index contributed by atoms with van der Waals surface area (Å²) in [5.41, 5.74) is 1.09. The van der Waals surface area contributed by atoms with Crippen molar-refractivity contribution in [2.45, 2.75) is 39.8 Å². The molecule has 0 atom stereocenters. The van der Waals surface area contributed by atoms with Crippen LogP contribution in [0.5, 0.6) is 5.75 Å². The fourth-order valence-electron chi connectivity index (χ4n) is 2.68. The highest BCUT2D eigenvalue weighted by Crippen LogP contribution is 2.26. The number of rotatable bonds is 7. The Labute approximate surface area is 157 Å². The summed E-state index contributed by atoms with van der Waals surface area (Å²) in [6.07, 6.45) is 0. The van der Waals surface area contributed by atoms with Crippen LogP contribution in [0.2, 0.25) is 0 Å². The van der Waals surface area contributed by atoms with Crippen LogP contribution in [-0.4, -0.2) is 47.6 Å². The van der Waals surface area contributed by atoms with Crippen LogP contribution >= 0.6 is 11.3 Å². The number of aromatic nitrogens is 1. The van der Waals surface area contributed by atoms with Gasteiger partial charge in [0.2, 0.25) is 0 Å². The number of ether oxygens (including phenoxy) is 2. The molecule has 2 aromatic rings. The van der Waals surface area contributed by atoms with Gasteiger partial charge in [0.05, 0.1) is 7.11 Å². The van der Waals surface area contributed by atoms with Gasteiger partial charge in [-0.05, 0) is 52.0 Å². The van der Waals surface area contributed by atoms with Gasteiger partial charge in [-0.25, -0.2) is 9.78 Å². The molecule has 0 aliphatic carbocycles. The number of carbonyl (C=O) groups is 2. The van der Waals surface area contributed by atoms with Crippen LogP contribution in [0.1, 0.15) is 38.2 Å². The minimum Gasteiger partial charge on any atom is -0.497 e. The standard InChI is InChI=1S/C19H24N2O4S/c1-12(2)21(13(3)4)17(22)10-25-19(23)16-11-26-18(20-16)14-6-8-15(24-5)9-7-14/h6-9,11-13H,10H2,1-5H3. The van der Waals surface area contributed by atoms with Crippen molar-refractivity contribution in [1.82, 2.24) is 9.88 Å². The predicted molar refractivity (Wildman–Crippen MR) is 102 cm³/mol. The lowest BCUT2D eigenvalue weighted by atomic mass is 10.2. The molecule has 0 saturated heterocycles. The van der Waals surface area contributed by atoms with Crippen molar-refractivity contribution in [3.63, 3.8) is 0 Å². The highest BCUT2D eigenvalue weighted by molar-refractivity contribution is 7.13. The fourth-order valence-corrected chi connectivity index (χ4v) is 3.48. The molecule has 7 heteroatoms. The van der Waals surface area contributed by atoms with Gasteiger partial charge < -0.3 is 14.4 Å². The first kappa shape index (κ1) is 19.9. The molecule has 0 aliphatic heterocycles. The number of hydrogen-bond acceptors (Lipinski definition) is 6. The van der Waals surface area contributed by atoms with E-state index in [1.807, 2.05) is 52.0 Å². The Hall–Kier alpha value is -2.41. The summed E-state index contributed by atoms with van der Waals surface area (Å²) in [5, 5.41) is 2.34. The van der Waals surface area contributed by atoms with Gasteiger partial charge in [0.15, 0.2) is 12.3 Å². The lowest BCUT2D eigenvalue weighted by molar-refractivity contribution is -0.138. The van der Waals surface area contributed by atoms with E-state index < -0.39 is 5.97 Å². The second kappa shape index (κ2) is 8.80. The molecule has 0 bridgehead atoms. The van der Waals surface area contributed by atoms with Gasteiger partial charge in [-0.1, -0.05) is 0 Å². The Morgan fingerprint density at radius 3 is 2.27 bits per heavy atom. The van der Waals surface area contributed by atoms with Crippen LogP contribution in [-0.2, 0) is 9.53 Å². The highest BCUT2D eigenvalue weighted by atomic mass is 32.1. The quantitative estimate of drug-likeness (QED) is 0.691. The van der Waals surface area contributed by atoms with Gasteiger partial charge in [0.1, 0.15) is 10.8 Å². The van der Waals surface area contributed by atoms with E-state index >= 15 is 0 Å². The van der Waals surface area contributed by atoms with Crippen LogP contribution in [0.3, 0.4) is 0 Å². The van der Waals surface area contributed by atoms with Gasteiger partial charge in [-0.3, -0.25) is 4.79 Å². The van der Waals surface area contributed by atoms with Crippen LogP contribution in [0.25, 0.3) is 10.6 Å². The molecule has 2 rings (SSSR count). The zero-order valence-electron chi connectivity index (χ0n) is 15.7. The van der Waals surface area contributed by atoms with Crippen molar-refractivity contribution in [3.05, 3.63) is 35.3 Å². The molecule has 26 heavy (non-hydrogen) atoms. The van der Waals surface area contributed by atoms with Crippen molar-refractivity contribution in [3.8, 4) is 16.3 Å². The van der Waals surface area contributed by atoms with Crippen LogP contribution in [0.4, 0.5) is 0 Å². The maximum atomic E-state index is 12.3. The predicted octanol–water partition coefficient (Wildman–Crippen LogP) is 3.62. The summed E-state index contributed by atoms with van der Waals surface area (Å²) in [5.74, 6) is -0.0564. The first-order chi connectivity index (χ1) is 12.3. The Kier molecular flexibility index (Phi) is 6.74. The van der Waals surface area contributed by atoms with Crippen molar-refractivity contribution in [1.29, 1.82) is 0 Å². The Morgan fingerprint density at radius 2 is 1.73 bits per heavy atom. The normalized spacial score (nSPS) is 10.9. The second-order valence-electron chi connectivity index (χ2n) is 6.33. The van der Waals surface area contributed by atoms with E-state index in [9.17, 15) is 9.59 Å². The maximum absolute atomic E-state index is 12.3. The first-order valence-corrected chi connectivity index (χ1v) is 9.29. The summed E-state index contributed by atoms with van der Waals surface area (Å²) in [6.45, 7) is 7.44. The molecule has 1 amide bonds. The topological polar surface area (TPSA) is 68.7 Å². The maximum Gasteiger partial charge on any atom is 0.358 e. The van der Waals surface area contributed by atoms with Gasteiger partial charge in [0, 0.05) is 23.0 Å². The molecule has 0 fully saturated rings. The number of hydrogen-bond donors (Lipinski definition) is 0. The van der Waals surface area contributed by atoms with Crippen LogP contribution in [0, 0.1) is 0 Å². The Balaban J connectivity index is 2.00. The average Bonchev–Trinajstić information content (AvgIpc) is 3.09. The largest absolute Gasteiger partial charge is 0.497 e. The molecule has 140 valence electrons. The lowest BCUT2D eigenvalue weighted by Gasteiger charge is -2.30. The molecule has 0 spiro atoms. The molecular formula is C19H24N2O4S. The number of methoxy groups -OCH3 is 1. The Bertz CT molecular complexity index is 745. The summed E-state index contributed by atoms with van der Waals surface area (Å²) >= 11 is 1.35. The molecule has 0 aliphatic rings. The SMILES string of the molecule is COc1ccc(-c2nc(C(=O)OCC(=O)N(C(C)C)C(C)C)cs2)cc1. The Morgan fingerprint density at radius 1 is 1.12 bits per heavy atom. The molecule has 1 heterocycles. The zero-order chi connectivity index (χ0) is 19.3. The van der Waals surface area contributed by atoms with Gasteiger partial charge in [0.25, 0.3) is 5.91 Å². The average molecular weight is 376 g/mol. The zero-order valence-corrected chi connectivity index (χ0v) is 16.5. The van der Waals surface area contributed by atoms with E-state index in [1.54, 1.807) is 17.4 Å². The second-order valence-corrected chi connectivity index (χ2v) is 7.19. The molecule has 1 aromatic carbocycles. The number of esters is 1. The number of benzene rings is 1. The highest BCUT2D eigenvalue weighted by Gasteiger charge is 2.22. The van der Waals surface area contributed by atoms with Gasteiger partial charge in [-0.2, -0.15) is 0 Å². The molecular weight excluding hydrogens is 352 g/mol. The first-order valence-electron chi connectivity index (χ1n) is 8.41. The molecule has 0 unspecified atom stereocenters. The monoisotopic (exact) mass is 376 g/mol. The van der Waals surface area contributed by atoms with Crippen molar-refractivity contribution in [2.24, 2.45) is 0 Å². The smallest absolute Gasteiger partial charge is 0.358 e. The summed E-state index contributed by atoms with van der Waals surface area (Å²) < 4.78 is 10.3. The van der Waals surface area contributed by atoms with Gasteiger partial charge >= 0.3 is 5.97 Å². The van der Waals surface area contributed by atoms with Gasteiger partial charge in [-0.15, -0.1) is 11.3 Å². The summed E-state index contributed by atoms with van der Waals surface area (Å²) in [4.78, 5) is 30.5. The van der Waals surface area contributed by atoms with Crippen LogP contribution in [0.15, 0.2) is 29.6 Å². The molecule has 0 radical (unpaired) electrons. The van der Waals surface area contributed by atoms with Crippen LogP contribution < -0.4 is 4.74 Å². The lowest BCUT2D eigenvalue weighted by Crippen LogP contribution is -2.44. The summed E-state index contributed by atoms with van der Waals surface area (Å²) in [6, 6.07) is 7.50. The van der Waals surface area contributed by atoms with E-state index in [2.05, 4.69) is 4.98 Å². The molecule has 6 nitrogen and oxygen atoms in total. The van der Waals surface area contributed by atoms with E-state index in [-0.39, 0.29) is 30.3 Å². The minimum absolute atomic E-state index is 0.0437.